The summed E-state index contributed by atoms with van der Waals surface area (Å²) >= 11 is 0. The number of piperazine rings is 1. The Morgan fingerprint density at radius 3 is 2.61 bits per heavy atom. The van der Waals surface area contributed by atoms with Crippen LogP contribution in [0.25, 0.3) is 5.65 Å². The Morgan fingerprint density at radius 2 is 1.86 bits per heavy atom. The van der Waals surface area contributed by atoms with Crippen molar-refractivity contribution in [2.75, 3.05) is 26.2 Å². The molecule has 2 atom stereocenters. The average molecular weight is 378 g/mol. The largest absolute Gasteiger partial charge is 0.340 e. The second-order valence-corrected chi connectivity index (χ2v) is 7.80. The van der Waals surface area contributed by atoms with E-state index in [1.807, 2.05) is 33.7 Å². The van der Waals surface area contributed by atoms with Gasteiger partial charge in [-0.15, -0.1) is 0 Å². The van der Waals surface area contributed by atoms with Gasteiger partial charge < -0.3 is 9.30 Å². The second kappa shape index (κ2) is 7.02. The van der Waals surface area contributed by atoms with Crippen molar-refractivity contribution < 1.29 is 9.18 Å². The molecule has 1 aromatic carbocycles. The Kier molecular flexibility index (Phi) is 4.36. The molecule has 5 nitrogen and oxygen atoms in total. The topological polar surface area (TPSA) is 40.9 Å². The highest BCUT2D eigenvalue weighted by Gasteiger charge is 2.46. The van der Waals surface area contributed by atoms with Crippen LogP contribution in [0.4, 0.5) is 4.39 Å². The minimum atomic E-state index is -0.228. The van der Waals surface area contributed by atoms with E-state index in [4.69, 9.17) is 0 Å². The van der Waals surface area contributed by atoms with Gasteiger partial charge in [0, 0.05) is 51.0 Å². The van der Waals surface area contributed by atoms with E-state index >= 15 is 0 Å². The fourth-order valence-corrected chi connectivity index (χ4v) is 4.20. The SMILES string of the molecule is O=C(C1CC1c1ccc(F)cc1)N1CCN(Cc2cn3ccccc3n2)CC1. The Balaban J connectivity index is 1.15. The van der Waals surface area contributed by atoms with Crippen molar-refractivity contribution in [1.82, 2.24) is 19.2 Å². The fourth-order valence-electron chi connectivity index (χ4n) is 4.20. The van der Waals surface area contributed by atoms with Gasteiger partial charge in [0.05, 0.1) is 5.69 Å². The molecule has 0 bridgehead atoms. The number of hydrogen-bond donors (Lipinski definition) is 0. The fraction of sp³-hybridized carbons (Fsp3) is 0.364. The molecule has 1 saturated heterocycles. The van der Waals surface area contributed by atoms with E-state index in [1.54, 1.807) is 12.1 Å². The molecular formula is C22H23FN4O. The molecule has 0 N–H and O–H groups in total. The number of nitrogens with zero attached hydrogens (tertiary/aromatic N) is 4. The lowest BCUT2D eigenvalue weighted by Gasteiger charge is -2.34. The zero-order valence-corrected chi connectivity index (χ0v) is 15.7. The number of fused-ring (bicyclic) bond motifs is 1. The lowest BCUT2D eigenvalue weighted by atomic mass is 10.1. The molecular weight excluding hydrogens is 355 g/mol. The summed E-state index contributed by atoms with van der Waals surface area (Å²) in [5.74, 6) is 0.343. The molecule has 0 radical (unpaired) electrons. The third-order valence-corrected chi connectivity index (χ3v) is 5.89. The predicted octanol–water partition coefficient (Wildman–Crippen LogP) is 2.92. The number of amides is 1. The van der Waals surface area contributed by atoms with Crippen LogP contribution in [0.5, 0.6) is 0 Å². The van der Waals surface area contributed by atoms with Crippen molar-refractivity contribution in [1.29, 1.82) is 0 Å². The highest BCUT2D eigenvalue weighted by atomic mass is 19.1. The van der Waals surface area contributed by atoms with E-state index in [0.717, 1.165) is 56.0 Å². The summed E-state index contributed by atoms with van der Waals surface area (Å²) < 4.78 is 15.1. The maximum Gasteiger partial charge on any atom is 0.226 e. The van der Waals surface area contributed by atoms with E-state index in [-0.39, 0.29) is 23.6 Å². The standard InChI is InChI=1S/C22H23FN4O/c23-17-6-4-16(5-7-17)19-13-20(19)22(28)26-11-9-25(10-12-26)14-18-15-27-8-2-1-3-21(27)24-18/h1-8,15,19-20H,9-14H2. The highest BCUT2D eigenvalue weighted by molar-refractivity contribution is 5.83. The van der Waals surface area contributed by atoms with Gasteiger partial charge in [0.25, 0.3) is 0 Å². The summed E-state index contributed by atoms with van der Waals surface area (Å²) in [6.45, 7) is 4.07. The molecule has 144 valence electrons. The van der Waals surface area contributed by atoms with Gasteiger partial charge in [0.2, 0.25) is 5.91 Å². The minimum absolute atomic E-state index is 0.0652. The minimum Gasteiger partial charge on any atom is -0.340 e. The maximum atomic E-state index is 13.1. The quantitative estimate of drug-likeness (QED) is 0.701. The van der Waals surface area contributed by atoms with Gasteiger partial charge in [-0.05, 0) is 42.2 Å². The van der Waals surface area contributed by atoms with Crippen LogP contribution >= 0.6 is 0 Å². The third-order valence-electron chi connectivity index (χ3n) is 5.89. The first kappa shape index (κ1) is 17.4. The van der Waals surface area contributed by atoms with Crippen LogP contribution in [0.1, 0.15) is 23.6 Å². The predicted molar refractivity (Wildman–Crippen MR) is 104 cm³/mol. The number of pyridine rings is 1. The van der Waals surface area contributed by atoms with Crippen LogP contribution in [0.3, 0.4) is 0 Å². The number of carbonyl (C=O) groups is 1. The van der Waals surface area contributed by atoms with Crippen LogP contribution in [0.15, 0.2) is 54.9 Å². The molecule has 1 aliphatic heterocycles. The molecule has 2 fully saturated rings. The van der Waals surface area contributed by atoms with Crippen LogP contribution in [-0.2, 0) is 11.3 Å². The molecule has 1 aliphatic carbocycles. The first-order chi connectivity index (χ1) is 13.7. The van der Waals surface area contributed by atoms with E-state index in [9.17, 15) is 9.18 Å². The van der Waals surface area contributed by atoms with Gasteiger partial charge in [-0.1, -0.05) is 18.2 Å². The Labute approximate surface area is 163 Å². The summed E-state index contributed by atoms with van der Waals surface area (Å²) in [7, 11) is 0. The third kappa shape index (κ3) is 3.40. The number of hydrogen-bond acceptors (Lipinski definition) is 3. The molecule has 6 heteroatoms. The van der Waals surface area contributed by atoms with Crippen molar-refractivity contribution in [3.8, 4) is 0 Å². The molecule has 3 heterocycles. The van der Waals surface area contributed by atoms with Crippen LogP contribution in [-0.4, -0.2) is 51.3 Å². The maximum absolute atomic E-state index is 13.1. The van der Waals surface area contributed by atoms with Gasteiger partial charge in [0.15, 0.2) is 0 Å². The van der Waals surface area contributed by atoms with Crippen LogP contribution in [0.2, 0.25) is 0 Å². The molecule has 1 saturated carbocycles. The number of aromatic nitrogens is 2. The number of carbonyl (C=O) groups excluding carboxylic acids is 1. The van der Waals surface area contributed by atoms with Crippen molar-refractivity contribution in [2.45, 2.75) is 18.9 Å². The van der Waals surface area contributed by atoms with E-state index in [2.05, 4.69) is 16.1 Å². The van der Waals surface area contributed by atoms with E-state index in [1.165, 1.54) is 12.1 Å². The monoisotopic (exact) mass is 378 g/mol. The van der Waals surface area contributed by atoms with Crippen LogP contribution in [0, 0.1) is 11.7 Å². The average Bonchev–Trinajstić information content (AvgIpc) is 3.41. The van der Waals surface area contributed by atoms with Crippen molar-refractivity contribution in [3.05, 3.63) is 71.9 Å². The summed E-state index contributed by atoms with van der Waals surface area (Å²) in [5.41, 5.74) is 3.10. The van der Waals surface area contributed by atoms with Gasteiger partial charge in [0.1, 0.15) is 11.5 Å². The van der Waals surface area contributed by atoms with Crippen LogP contribution < -0.4 is 0 Å². The second-order valence-electron chi connectivity index (χ2n) is 7.80. The first-order valence-corrected chi connectivity index (χ1v) is 9.86. The Morgan fingerprint density at radius 1 is 1.07 bits per heavy atom. The summed E-state index contributed by atoms with van der Waals surface area (Å²) in [4.78, 5) is 21.8. The molecule has 28 heavy (non-hydrogen) atoms. The zero-order chi connectivity index (χ0) is 19.1. The van der Waals surface area contributed by atoms with Gasteiger partial charge >= 0.3 is 0 Å². The van der Waals surface area contributed by atoms with Crippen molar-refractivity contribution in [3.63, 3.8) is 0 Å². The number of imidazole rings is 1. The first-order valence-electron chi connectivity index (χ1n) is 9.86. The summed E-state index contributed by atoms with van der Waals surface area (Å²) in [6, 6.07) is 12.6. The van der Waals surface area contributed by atoms with Gasteiger partial charge in [-0.2, -0.15) is 0 Å². The zero-order valence-electron chi connectivity index (χ0n) is 15.7. The molecule has 3 aromatic rings. The number of benzene rings is 1. The molecule has 2 unspecified atom stereocenters. The van der Waals surface area contributed by atoms with Gasteiger partial charge in [-0.3, -0.25) is 9.69 Å². The lowest BCUT2D eigenvalue weighted by molar-refractivity contribution is -0.134. The summed E-state index contributed by atoms with van der Waals surface area (Å²) in [6.07, 6.45) is 4.96. The number of rotatable bonds is 4. The number of halogens is 1. The lowest BCUT2D eigenvalue weighted by Crippen LogP contribution is -2.48. The molecule has 5 rings (SSSR count). The van der Waals surface area contributed by atoms with E-state index in [0.29, 0.717) is 0 Å². The van der Waals surface area contributed by atoms with E-state index < -0.39 is 0 Å². The molecule has 0 spiro atoms. The van der Waals surface area contributed by atoms with Crippen molar-refractivity contribution in [2.24, 2.45) is 5.92 Å². The van der Waals surface area contributed by atoms with Crippen molar-refractivity contribution >= 4 is 11.6 Å². The Bertz CT molecular complexity index is 958. The smallest absolute Gasteiger partial charge is 0.226 e. The Hall–Kier alpha value is -2.73. The molecule has 2 aromatic heterocycles. The normalized spacial score (nSPS) is 22.5. The highest BCUT2D eigenvalue weighted by Crippen LogP contribution is 2.48. The molecule has 1 amide bonds. The molecule has 2 aliphatic rings. The van der Waals surface area contributed by atoms with Gasteiger partial charge in [-0.25, -0.2) is 9.37 Å². The summed E-state index contributed by atoms with van der Waals surface area (Å²) in [5, 5.41) is 0.